The molecule has 1 rings (SSSR count). The molecular formula is C12H19ClN2O3S. The second-order valence-corrected chi connectivity index (χ2v) is 6.69. The zero-order valence-corrected chi connectivity index (χ0v) is 12.8. The molecule has 7 heteroatoms. The van der Waals surface area contributed by atoms with Crippen LogP contribution in [0.4, 0.5) is 0 Å². The molecule has 0 spiro atoms. The molecule has 1 aromatic rings. The van der Waals surface area contributed by atoms with Crippen molar-refractivity contribution < 1.29 is 13.2 Å². The van der Waals surface area contributed by atoms with Gasteiger partial charge in [0.1, 0.15) is 0 Å². The second-order valence-electron chi connectivity index (χ2n) is 4.28. The number of likely N-dealkylation sites (N-methyl/N-ethyl adjacent to an activating group) is 1. The molecular weight excluding hydrogens is 288 g/mol. The Bertz CT molecular complexity index is 534. The fourth-order valence-electron chi connectivity index (χ4n) is 1.60. The lowest BCUT2D eigenvalue weighted by atomic mass is 10.2. The fourth-order valence-corrected chi connectivity index (χ4v) is 3.30. The highest BCUT2D eigenvalue weighted by Crippen LogP contribution is 2.23. The van der Waals surface area contributed by atoms with Crippen molar-refractivity contribution in [2.45, 2.75) is 24.4 Å². The quantitative estimate of drug-likeness (QED) is 0.863. The lowest BCUT2D eigenvalue weighted by molar-refractivity contribution is 0.149. The van der Waals surface area contributed by atoms with Crippen LogP contribution in [0, 0.1) is 0 Å². The molecule has 1 atom stereocenters. The van der Waals surface area contributed by atoms with Gasteiger partial charge in [0.15, 0.2) is 0 Å². The number of ether oxygens (including phenoxy) is 1. The predicted molar refractivity (Wildman–Crippen MR) is 75.6 cm³/mol. The molecule has 19 heavy (non-hydrogen) atoms. The highest BCUT2D eigenvalue weighted by Gasteiger charge is 2.25. The van der Waals surface area contributed by atoms with Gasteiger partial charge in [-0.05, 0) is 24.6 Å². The van der Waals surface area contributed by atoms with E-state index in [0.717, 1.165) is 0 Å². The largest absolute Gasteiger partial charge is 0.383 e. The fraction of sp³-hybridized carbons (Fsp3) is 0.500. The predicted octanol–water partition coefficient (Wildman–Crippen LogP) is 1.45. The zero-order chi connectivity index (χ0) is 14.6. The molecule has 0 bridgehead atoms. The number of hydrogen-bond donors (Lipinski definition) is 1. The van der Waals surface area contributed by atoms with Crippen molar-refractivity contribution in [1.82, 2.24) is 4.31 Å². The topological polar surface area (TPSA) is 72.6 Å². The Hall–Kier alpha value is -0.660. The van der Waals surface area contributed by atoms with Gasteiger partial charge in [0.05, 0.1) is 11.5 Å². The molecule has 0 saturated heterocycles. The molecule has 0 radical (unpaired) electrons. The number of hydrogen-bond acceptors (Lipinski definition) is 4. The molecule has 0 aliphatic rings. The van der Waals surface area contributed by atoms with E-state index in [1.807, 2.05) is 0 Å². The lowest BCUT2D eigenvalue weighted by Gasteiger charge is -2.23. The molecule has 0 amide bonds. The number of halogens is 1. The Labute approximate surface area is 119 Å². The first-order chi connectivity index (χ1) is 8.84. The van der Waals surface area contributed by atoms with E-state index in [1.54, 1.807) is 13.0 Å². The zero-order valence-electron chi connectivity index (χ0n) is 11.3. The van der Waals surface area contributed by atoms with Crippen molar-refractivity contribution in [2.75, 3.05) is 20.8 Å². The Morgan fingerprint density at radius 1 is 1.47 bits per heavy atom. The first-order valence-electron chi connectivity index (χ1n) is 5.80. The van der Waals surface area contributed by atoms with Gasteiger partial charge in [-0.3, -0.25) is 0 Å². The summed E-state index contributed by atoms with van der Waals surface area (Å²) in [4.78, 5) is 0.153. The number of rotatable bonds is 6. The van der Waals surface area contributed by atoms with Crippen LogP contribution in [0.25, 0.3) is 0 Å². The average Bonchev–Trinajstić information content (AvgIpc) is 2.37. The summed E-state index contributed by atoms with van der Waals surface area (Å²) in [7, 11) is -0.531. The van der Waals surface area contributed by atoms with Gasteiger partial charge in [0.2, 0.25) is 10.0 Å². The lowest BCUT2D eigenvalue weighted by Crippen LogP contribution is -2.37. The van der Waals surface area contributed by atoms with Crippen molar-refractivity contribution in [3.8, 4) is 0 Å². The van der Waals surface area contributed by atoms with E-state index in [2.05, 4.69) is 0 Å². The monoisotopic (exact) mass is 306 g/mol. The molecule has 1 aromatic carbocycles. The Balaban J connectivity index is 3.10. The van der Waals surface area contributed by atoms with Crippen molar-refractivity contribution >= 4 is 21.6 Å². The third-order valence-corrected chi connectivity index (χ3v) is 5.27. The number of methoxy groups -OCH3 is 1. The normalized spacial score (nSPS) is 13.8. The summed E-state index contributed by atoms with van der Waals surface area (Å²) in [6, 6.07) is 4.31. The van der Waals surface area contributed by atoms with E-state index < -0.39 is 10.0 Å². The van der Waals surface area contributed by atoms with Gasteiger partial charge in [0.25, 0.3) is 0 Å². The Morgan fingerprint density at radius 2 is 2.11 bits per heavy atom. The molecule has 0 fully saturated rings. The number of sulfonamides is 1. The van der Waals surface area contributed by atoms with Gasteiger partial charge in [-0.1, -0.05) is 17.7 Å². The van der Waals surface area contributed by atoms with Crippen molar-refractivity contribution in [2.24, 2.45) is 5.73 Å². The van der Waals surface area contributed by atoms with Crippen molar-refractivity contribution in [3.05, 3.63) is 28.8 Å². The maximum atomic E-state index is 12.4. The molecule has 2 N–H and O–H groups in total. The van der Waals surface area contributed by atoms with Gasteiger partial charge >= 0.3 is 0 Å². The van der Waals surface area contributed by atoms with Crippen molar-refractivity contribution in [1.29, 1.82) is 0 Å². The van der Waals surface area contributed by atoms with Gasteiger partial charge in [-0.25, -0.2) is 8.42 Å². The molecule has 0 aliphatic carbocycles. The number of nitrogens with two attached hydrogens (primary N) is 1. The third-order valence-electron chi connectivity index (χ3n) is 2.95. The van der Waals surface area contributed by atoms with Crippen LogP contribution in [-0.2, 0) is 21.3 Å². The highest BCUT2D eigenvalue weighted by molar-refractivity contribution is 7.89. The van der Waals surface area contributed by atoms with Crippen LogP contribution >= 0.6 is 11.6 Å². The maximum absolute atomic E-state index is 12.4. The van der Waals surface area contributed by atoms with Crippen LogP contribution in [0.3, 0.4) is 0 Å². The van der Waals surface area contributed by atoms with Gasteiger partial charge in [-0.2, -0.15) is 4.31 Å². The van der Waals surface area contributed by atoms with Gasteiger partial charge < -0.3 is 10.5 Å². The first kappa shape index (κ1) is 16.4. The molecule has 1 unspecified atom stereocenters. The van der Waals surface area contributed by atoms with Crippen LogP contribution in [0.5, 0.6) is 0 Å². The molecule has 108 valence electrons. The maximum Gasteiger partial charge on any atom is 0.243 e. The Morgan fingerprint density at radius 3 is 2.58 bits per heavy atom. The minimum atomic E-state index is -3.58. The van der Waals surface area contributed by atoms with Crippen LogP contribution < -0.4 is 5.73 Å². The van der Waals surface area contributed by atoms with Crippen LogP contribution in [0.2, 0.25) is 5.02 Å². The van der Waals surface area contributed by atoms with E-state index in [-0.39, 0.29) is 17.5 Å². The SMILES string of the molecule is COCC(C)N(C)S(=O)(=O)c1ccc(CN)c(Cl)c1. The summed E-state index contributed by atoms with van der Waals surface area (Å²) >= 11 is 5.99. The van der Waals surface area contributed by atoms with E-state index in [0.29, 0.717) is 17.2 Å². The van der Waals surface area contributed by atoms with E-state index >= 15 is 0 Å². The summed E-state index contributed by atoms with van der Waals surface area (Å²) in [5.41, 5.74) is 6.21. The molecule has 0 heterocycles. The summed E-state index contributed by atoms with van der Waals surface area (Å²) in [6.45, 7) is 2.37. The summed E-state index contributed by atoms with van der Waals surface area (Å²) < 4.78 is 31.0. The summed E-state index contributed by atoms with van der Waals surface area (Å²) in [6.07, 6.45) is 0. The van der Waals surface area contributed by atoms with Gasteiger partial charge in [-0.15, -0.1) is 0 Å². The van der Waals surface area contributed by atoms with Crippen LogP contribution in [0.15, 0.2) is 23.1 Å². The summed E-state index contributed by atoms with van der Waals surface area (Å²) in [5.74, 6) is 0. The smallest absolute Gasteiger partial charge is 0.243 e. The standard InChI is InChI=1S/C12H19ClN2O3S/c1-9(8-18-3)15(2)19(16,17)11-5-4-10(7-14)12(13)6-11/h4-6,9H,7-8,14H2,1-3H3. The third kappa shape index (κ3) is 3.67. The highest BCUT2D eigenvalue weighted by atomic mass is 35.5. The van der Waals surface area contributed by atoms with Crippen LogP contribution in [0.1, 0.15) is 12.5 Å². The Kier molecular flexibility index (Phi) is 5.76. The summed E-state index contributed by atoms with van der Waals surface area (Å²) in [5, 5.41) is 0.358. The second kappa shape index (κ2) is 6.67. The van der Waals surface area contributed by atoms with Crippen LogP contribution in [-0.4, -0.2) is 39.5 Å². The molecule has 5 nitrogen and oxygen atoms in total. The molecule has 0 aromatic heterocycles. The minimum Gasteiger partial charge on any atom is -0.383 e. The van der Waals surface area contributed by atoms with E-state index in [9.17, 15) is 8.42 Å². The van der Waals surface area contributed by atoms with Crippen molar-refractivity contribution in [3.63, 3.8) is 0 Å². The number of nitrogens with zero attached hydrogens (tertiary/aromatic N) is 1. The van der Waals surface area contributed by atoms with E-state index in [1.165, 1.54) is 30.6 Å². The average molecular weight is 307 g/mol. The first-order valence-corrected chi connectivity index (χ1v) is 7.61. The van der Waals surface area contributed by atoms with E-state index in [4.69, 9.17) is 22.1 Å². The number of benzene rings is 1. The molecule has 0 aliphatic heterocycles. The minimum absolute atomic E-state index is 0.153. The molecule has 0 saturated carbocycles. The van der Waals surface area contributed by atoms with Gasteiger partial charge in [0, 0.05) is 31.8 Å².